The number of aromatic nitrogens is 1. The van der Waals surface area contributed by atoms with Gasteiger partial charge >= 0.3 is 0 Å². The summed E-state index contributed by atoms with van der Waals surface area (Å²) in [6, 6.07) is 11.3. The molecule has 6 rings (SSSR count). The van der Waals surface area contributed by atoms with Crippen molar-refractivity contribution in [3.8, 4) is 5.75 Å². The summed E-state index contributed by atoms with van der Waals surface area (Å²) in [7, 11) is 0. The van der Waals surface area contributed by atoms with Crippen molar-refractivity contribution < 1.29 is 23.0 Å². The van der Waals surface area contributed by atoms with E-state index in [2.05, 4.69) is 0 Å². The van der Waals surface area contributed by atoms with Gasteiger partial charge in [0.05, 0.1) is 25.9 Å². The van der Waals surface area contributed by atoms with Gasteiger partial charge in [0.2, 0.25) is 5.43 Å². The highest BCUT2D eigenvalue weighted by atomic mass is 32.2. The topological polar surface area (TPSA) is 64.0 Å². The molecule has 1 amide bonds. The van der Waals surface area contributed by atoms with Crippen LogP contribution >= 0.6 is 11.8 Å². The van der Waals surface area contributed by atoms with Gasteiger partial charge in [-0.25, -0.2) is 8.78 Å². The number of carbonyl (C=O) groups is 1. The van der Waals surface area contributed by atoms with E-state index in [4.69, 9.17) is 9.47 Å². The van der Waals surface area contributed by atoms with Gasteiger partial charge in [0.25, 0.3) is 5.91 Å². The number of fused-ring (bicyclic) bond motifs is 4. The minimum absolute atomic E-state index is 0.00826. The Bertz CT molecular complexity index is 1450. The van der Waals surface area contributed by atoms with Crippen LogP contribution in [0.2, 0.25) is 0 Å². The summed E-state index contributed by atoms with van der Waals surface area (Å²) in [6.07, 6.45) is 1.68. The lowest BCUT2D eigenvalue weighted by Gasteiger charge is -2.51. The van der Waals surface area contributed by atoms with E-state index in [9.17, 15) is 14.0 Å². The van der Waals surface area contributed by atoms with E-state index >= 15 is 4.39 Å². The van der Waals surface area contributed by atoms with Gasteiger partial charge in [-0.15, -0.1) is 11.8 Å². The maximum absolute atomic E-state index is 15.2. The number of rotatable bonds is 4. The lowest BCUT2D eigenvalue weighted by molar-refractivity contribution is -0.0198. The third-order valence-corrected chi connectivity index (χ3v) is 8.10. The van der Waals surface area contributed by atoms with Crippen LogP contribution in [-0.2, 0) is 10.5 Å². The molecule has 7 nitrogen and oxygen atoms in total. The Morgan fingerprint density at radius 2 is 1.95 bits per heavy atom. The maximum atomic E-state index is 15.2. The summed E-state index contributed by atoms with van der Waals surface area (Å²) in [5, 5.41) is 1.94. The van der Waals surface area contributed by atoms with Crippen molar-refractivity contribution in [2.45, 2.75) is 36.2 Å². The van der Waals surface area contributed by atoms with Gasteiger partial charge in [-0.3, -0.25) is 19.3 Å². The van der Waals surface area contributed by atoms with E-state index < -0.39 is 23.8 Å². The first-order valence-electron chi connectivity index (χ1n) is 12.3. The Morgan fingerprint density at radius 3 is 2.78 bits per heavy atom. The molecule has 0 saturated carbocycles. The van der Waals surface area contributed by atoms with E-state index in [0.717, 1.165) is 16.5 Å². The van der Waals surface area contributed by atoms with Crippen molar-refractivity contribution >= 4 is 17.7 Å². The fourth-order valence-electron chi connectivity index (χ4n) is 5.31. The highest BCUT2D eigenvalue weighted by molar-refractivity contribution is 7.98. The molecule has 2 aromatic carbocycles. The quantitative estimate of drug-likeness (QED) is 0.512. The molecular formula is C27H25F2N3O4S. The van der Waals surface area contributed by atoms with Crippen LogP contribution < -0.4 is 15.2 Å². The van der Waals surface area contributed by atoms with Crippen molar-refractivity contribution in [3.05, 3.63) is 92.9 Å². The first kappa shape index (κ1) is 24.0. The first-order valence-corrected chi connectivity index (χ1v) is 13.2. The third kappa shape index (κ3) is 3.81. The number of halogens is 2. The maximum Gasteiger partial charge on any atom is 0.278 e. The summed E-state index contributed by atoms with van der Waals surface area (Å²) < 4.78 is 42.9. The van der Waals surface area contributed by atoms with Crippen molar-refractivity contribution in [1.82, 2.24) is 9.58 Å². The van der Waals surface area contributed by atoms with Crippen LogP contribution in [0.15, 0.2) is 58.4 Å². The number of nitrogens with zero attached hydrogens (tertiary/aromatic N) is 3. The van der Waals surface area contributed by atoms with Crippen LogP contribution in [0.3, 0.4) is 0 Å². The number of hydrogen-bond acceptors (Lipinski definition) is 6. The molecule has 3 aliphatic heterocycles. The van der Waals surface area contributed by atoms with Crippen molar-refractivity contribution in [2.24, 2.45) is 0 Å². The van der Waals surface area contributed by atoms with Crippen molar-refractivity contribution in [1.29, 1.82) is 0 Å². The molecule has 2 atom stereocenters. The smallest absolute Gasteiger partial charge is 0.278 e. The Hall–Kier alpha value is -3.37. The zero-order valence-corrected chi connectivity index (χ0v) is 21.0. The number of pyridine rings is 1. The lowest BCUT2D eigenvalue weighted by Crippen LogP contribution is -2.66. The molecule has 0 bridgehead atoms. The number of thioether (sulfide) groups is 1. The standard InChI is InChI=1S/C27H25F2N3O4S/c1-2-12-36-26-20(33)9-10-31-25(26)27(34)30-11-13-35-14-22(30)32(31)24-16-7-8-19(28)23(29)18(16)15-37-21-6-4-3-5-17(21)24/h3-10,22,24H,2,11-15H2,1H3/t22-,24-/m1/s1. The molecule has 0 aliphatic carbocycles. The zero-order chi connectivity index (χ0) is 25.7. The number of carbonyl (C=O) groups excluding carboxylic acids is 1. The van der Waals surface area contributed by atoms with Gasteiger partial charge in [0.15, 0.2) is 23.1 Å². The largest absolute Gasteiger partial charge is 0.487 e. The molecule has 0 radical (unpaired) electrons. The second kappa shape index (κ2) is 9.50. The molecule has 1 fully saturated rings. The van der Waals surface area contributed by atoms with Crippen LogP contribution in [0.25, 0.3) is 0 Å². The van der Waals surface area contributed by atoms with Crippen LogP contribution in [0.5, 0.6) is 5.75 Å². The van der Waals surface area contributed by atoms with Gasteiger partial charge < -0.3 is 14.4 Å². The molecule has 3 aliphatic rings. The third-order valence-electron chi connectivity index (χ3n) is 6.98. The molecule has 1 aromatic heterocycles. The fraction of sp³-hybridized carbons (Fsp3) is 0.333. The lowest BCUT2D eigenvalue weighted by atomic mass is 9.93. The van der Waals surface area contributed by atoms with Gasteiger partial charge in [-0.1, -0.05) is 31.2 Å². The van der Waals surface area contributed by atoms with Gasteiger partial charge in [-0.2, -0.15) is 0 Å². The summed E-state index contributed by atoms with van der Waals surface area (Å²) in [5.74, 6) is -1.85. The number of ether oxygens (including phenoxy) is 2. The predicted octanol–water partition coefficient (Wildman–Crippen LogP) is 4.06. The predicted molar refractivity (Wildman–Crippen MR) is 135 cm³/mol. The van der Waals surface area contributed by atoms with Crippen molar-refractivity contribution in [2.75, 3.05) is 31.4 Å². The zero-order valence-electron chi connectivity index (χ0n) is 20.2. The second-order valence-electron chi connectivity index (χ2n) is 9.14. The summed E-state index contributed by atoms with van der Waals surface area (Å²) in [5.41, 5.74) is 1.49. The summed E-state index contributed by atoms with van der Waals surface area (Å²) in [6.45, 7) is 3.09. The molecule has 1 saturated heterocycles. The molecule has 192 valence electrons. The van der Waals surface area contributed by atoms with E-state index in [1.165, 1.54) is 17.8 Å². The van der Waals surface area contributed by atoms with E-state index in [1.54, 1.807) is 21.8 Å². The van der Waals surface area contributed by atoms with Gasteiger partial charge in [0, 0.05) is 35.0 Å². The molecule has 0 spiro atoms. The summed E-state index contributed by atoms with van der Waals surface area (Å²) >= 11 is 1.44. The highest BCUT2D eigenvalue weighted by Gasteiger charge is 2.46. The number of amides is 1. The van der Waals surface area contributed by atoms with Crippen molar-refractivity contribution in [3.63, 3.8) is 0 Å². The molecule has 4 heterocycles. The number of hydrogen-bond donors (Lipinski definition) is 0. The second-order valence-corrected chi connectivity index (χ2v) is 10.2. The average Bonchev–Trinajstić information content (AvgIpc) is 3.08. The van der Waals surface area contributed by atoms with Crippen LogP contribution in [-0.4, -0.2) is 48.0 Å². The molecule has 37 heavy (non-hydrogen) atoms. The minimum atomic E-state index is -0.903. The van der Waals surface area contributed by atoms with Crippen LogP contribution in [0.1, 0.15) is 46.6 Å². The van der Waals surface area contributed by atoms with Crippen LogP contribution in [0, 0.1) is 11.6 Å². The monoisotopic (exact) mass is 525 g/mol. The fourth-order valence-corrected chi connectivity index (χ4v) is 6.43. The number of morpholine rings is 1. The first-order chi connectivity index (χ1) is 18.0. The Labute approximate surface area is 216 Å². The van der Waals surface area contributed by atoms with E-state index in [1.807, 2.05) is 36.2 Å². The molecule has 3 aromatic rings. The van der Waals surface area contributed by atoms with Crippen LogP contribution in [0.4, 0.5) is 8.78 Å². The average molecular weight is 526 g/mol. The van der Waals surface area contributed by atoms with E-state index in [0.29, 0.717) is 25.1 Å². The molecule has 10 heteroatoms. The Morgan fingerprint density at radius 1 is 1.11 bits per heavy atom. The Balaban J connectivity index is 1.65. The van der Waals surface area contributed by atoms with E-state index in [-0.39, 0.29) is 47.3 Å². The minimum Gasteiger partial charge on any atom is -0.487 e. The highest BCUT2D eigenvalue weighted by Crippen LogP contribution is 2.45. The van der Waals surface area contributed by atoms with Gasteiger partial charge in [0.1, 0.15) is 6.17 Å². The van der Waals surface area contributed by atoms with Gasteiger partial charge in [-0.05, 0) is 29.7 Å². The molecule has 0 N–H and O–H groups in total. The molecule has 0 unspecified atom stereocenters. The summed E-state index contributed by atoms with van der Waals surface area (Å²) in [4.78, 5) is 29.2. The molecular weight excluding hydrogens is 500 g/mol. The SMILES string of the molecule is CCCOc1c2n(ccc1=O)N([C@H]1c3ccccc3SCc3c1ccc(F)c3F)[C@@H]1COCCN1C2=O. The number of benzene rings is 2. The normalized spacial score (nSPS) is 20.5. The Kier molecular flexibility index (Phi) is 6.16.